The van der Waals surface area contributed by atoms with E-state index in [1.807, 2.05) is 24.3 Å². The number of benzene rings is 2. The van der Waals surface area contributed by atoms with E-state index in [0.29, 0.717) is 12.0 Å². The largest absolute Gasteiger partial charge is 0.326 e. The highest BCUT2D eigenvalue weighted by atomic mass is 31.0. The quantitative estimate of drug-likeness (QED) is 0.783. The lowest BCUT2D eigenvalue weighted by molar-refractivity contribution is -0.115. The second kappa shape index (κ2) is 4.18. The molecule has 0 spiro atoms. The van der Waals surface area contributed by atoms with Crippen LogP contribution in [-0.4, -0.2) is 5.91 Å². The number of halogens is 1. The number of carbonyl (C=O) groups excluding carboxylic acids is 1. The molecule has 1 aliphatic heterocycles. The zero-order valence-corrected chi connectivity index (χ0v) is 10.7. The Morgan fingerprint density at radius 3 is 2.72 bits per heavy atom. The van der Waals surface area contributed by atoms with E-state index in [-0.39, 0.29) is 11.7 Å². The minimum absolute atomic E-state index is 0.0425. The molecule has 2 nitrogen and oxygen atoms in total. The van der Waals surface area contributed by atoms with E-state index in [4.69, 9.17) is 0 Å². The molecule has 1 N–H and O–H groups in total. The normalized spacial score (nSPS) is 13.3. The van der Waals surface area contributed by atoms with Gasteiger partial charge < -0.3 is 5.32 Å². The van der Waals surface area contributed by atoms with Crippen LogP contribution < -0.4 is 10.6 Å². The summed E-state index contributed by atoms with van der Waals surface area (Å²) in [6, 6.07) is 10.5. The maximum absolute atomic E-state index is 14.0. The van der Waals surface area contributed by atoms with E-state index in [9.17, 15) is 9.18 Å². The van der Waals surface area contributed by atoms with Gasteiger partial charge in [0, 0.05) is 11.3 Å². The number of hydrogen-bond donors (Lipinski definition) is 1. The van der Waals surface area contributed by atoms with Gasteiger partial charge in [-0.3, -0.25) is 4.79 Å². The topological polar surface area (TPSA) is 29.1 Å². The maximum atomic E-state index is 14.0. The Bertz CT molecular complexity index is 634. The van der Waals surface area contributed by atoms with Gasteiger partial charge in [-0.2, -0.15) is 0 Å². The summed E-state index contributed by atoms with van der Waals surface area (Å²) in [4.78, 5) is 11.4. The predicted octanol–water partition coefficient (Wildman–Crippen LogP) is 2.49. The highest BCUT2D eigenvalue weighted by Gasteiger charge is 2.22. The number of carbonyl (C=O) groups is 1. The van der Waals surface area contributed by atoms with Crippen molar-refractivity contribution < 1.29 is 9.18 Å². The fourth-order valence-corrected chi connectivity index (χ4v) is 2.71. The smallest absolute Gasteiger partial charge is 0.228 e. The molecular formula is C14H11FNOP. The number of nitrogens with one attached hydrogen (secondary N) is 1. The second-order valence-corrected chi connectivity index (χ2v) is 4.88. The Hall–Kier alpha value is -1.73. The molecule has 1 heterocycles. The lowest BCUT2D eigenvalue weighted by atomic mass is 9.97. The molecule has 18 heavy (non-hydrogen) atoms. The molecule has 1 unspecified atom stereocenters. The number of rotatable bonds is 1. The third-order valence-electron chi connectivity index (χ3n) is 3.10. The van der Waals surface area contributed by atoms with Crippen LogP contribution in [0.3, 0.4) is 0 Å². The summed E-state index contributed by atoms with van der Waals surface area (Å²) in [7, 11) is 2.54. The highest BCUT2D eigenvalue weighted by Crippen LogP contribution is 2.34. The van der Waals surface area contributed by atoms with Crippen molar-refractivity contribution in [2.45, 2.75) is 6.42 Å². The standard InChI is InChI=1S/C14H11FNOP/c15-10-4-2-6-12(18)14(10)8-3-1-5-11-9(8)7-13(17)16-11/h1-6H,7,18H2,(H,16,17). The van der Waals surface area contributed by atoms with Crippen LogP contribution in [0.2, 0.25) is 0 Å². The number of hydrogen-bond acceptors (Lipinski definition) is 1. The van der Waals surface area contributed by atoms with Gasteiger partial charge in [-0.1, -0.05) is 24.3 Å². The summed E-state index contributed by atoms with van der Waals surface area (Å²) < 4.78 is 14.0. The van der Waals surface area contributed by atoms with Crippen LogP contribution in [0.1, 0.15) is 5.56 Å². The van der Waals surface area contributed by atoms with Crippen LogP contribution >= 0.6 is 9.24 Å². The molecule has 0 saturated heterocycles. The number of fused-ring (bicyclic) bond motifs is 1. The monoisotopic (exact) mass is 259 g/mol. The Labute approximate surface area is 106 Å². The molecule has 0 radical (unpaired) electrons. The van der Waals surface area contributed by atoms with Gasteiger partial charge in [0.1, 0.15) is 5.82 Å². The van der Waals surface area contributed by atoms with Gasteiger partial charge in [-0.05, 0) is 28.6 Å². The zero-order valence-electron chi connectivity index (χ0n) is 9.53. The summed E-state index contributed by atoms with van der Waals surface area (Å²) in [5, 5.41) is 3.57. The lowest BCUT2D eigenvalue weighted by Gasteiger charge is -2.11. The predicted molar refractivity (Wildman–Crippen MR) is 73.5 cm³/mol. The summed E-state index contributed by atoms with van der Waals surface area (Å²) in [5.41, 5.74) is 2.99. The van der Waals surface area contributed by atoms with Crippen LogP contribution in [0.4, 0.5) is 10.1 Å². The fourth-order valence-electron chi connectivity index (χ4n) is 2.31. The first-order valence-corrected chi connectivity index (χ1v) is 6.20. The van der Waals surface area contributed by atoms with Crippen molar-refractivity contribution in [3.8, 4) is 11.1 Å². The van der Waals surface area contributed by atoms with Gasteiger partial charge in [-0.25, -0.2) is 4.39 Å². The molecule has 4 heteroatoms. The molecular weight excluding hydrogens is 248 g/mol. The van der Waals surface area contributed by atoms with Gasteiger partial charge >= 0.3 is 0 Å². The average Bonchev–Trinajstić information content (AvgIpc) is 2.70. The first-order valence-electron chi connectivity index (χ1n) is 5.63. The molecule has 3 rings (SSSR count). The Morgan fingerprint density at radius 2 is 1.94 bits per heavy atom. The molecule has 1 atom stereocenters. The van der Waals surface area contributed by atoms with E-state index in [1.54, 1.807) is 6.07 Å². The average molecular weight is 259 g/mol. The van der Waals surface area contributed by atoms with Gasteiger partial charge in [-0.15, -0.1) is 9.24 Å². The Balaban J connectivity index is 2.26. The van der Waals surface area contributed by atoms with Crippen LogP contribution in [-0.2, 0) is 11.2 Å². The van der Waals surface area contributed by atoms with Crippen molar-refractivity contribution in [1.82, 2.24) is 0 Å². The van der Waals surface area contributed by atoms with Crippen molar-refractivity contribution in [2.75, 3.05) is 5.32 Å². The highest BCUT2D eigenvalue weighted by molar-refractivity contribution is 7.28. The SMILES string of the molecule is O=C1Cc2c(cccc2-c2c(F)cccc2P)N1. The van der Waals surface area contributed by atoms with Crippen LogP contribution in [0.5, 0.6) is 0 Å². The first kappa shape index (κ1) is 11.4. The molecule has 2 aromatic carbocycles. The third kappa shape index (κ3) is 1.72. The van der Waals surface area contributed by atoms with Crippen LogP contribution in [0.15, 0.2) is 36.4 Å². The summed E-state index contributed by atoms with van der Waals surface area (Å²) in [6.07, 6.45) is 0.309. The van der Waals surface area contributed by atoms with Gasteiger partial charge in [0.25, 0.3) is 0 Å². The van der Waals surface area contributed by atoms with Crippen molar-refractivity contribution in [2.24, 2.45) is 0 Å². The minimum atomic E-state index is -0.268. The fraction of sp³-hybridized carbons (Fsp3) is 0.0714. The molecule has 0 bridgehead atoms. The molecule has 0 fully saturated rings. The Morgan fingerprint density at radius 1 is 1.17 bits per heavy atom. The molecule has 0 saturated carbocycles. The van der Waals surface area contributed by atoms with Crippen molar-refractivity contribution >= 4 is 26.1 Å². The molecule has 1 amide bonds. The van der Waals surface area contributed by atoms with Gasteiger partial charge in [0.05, 0.1) is 6.42 Å². The van der Waals surface area contributed by atoms with Gasteiger partial charge in [0.2, 0.25) is 5.91 Å². The van der Waals surface area contributed by atoms with E-state index in [0.717, 1.165) is 22.1 Å². The second-order valence-electron chi connectivity index (χ2n) is 4.26. The molecule has 2 aromatic rings. The van der Waals surface area contributed by atoms with Crippen LogP contribution in [0.25, 0.3) is 11.1 Å². The minimum Gasteiger partial charge on any atom is -0.326 e. The molecule has 90 valence electrons. The van der Waals surface area contributed by atoms with E-state index < -0.39 is 0 Å². The van der Waals surface area contributed by atoms with Crippen molar-refractivity contribution in [3.05, 3.63) is 47.8 Å². The molecule has 1 aliphatic rings. The molecule has 0 aliphatic carbocycles. The third-order valence-corrected chi connectivity index (χ3v) is 3.58. The van der Waals surface area contributed by atoms with E-state index in [1.165, 1.54) is 6.07 Å². The number of amides is 1. The maximum Gasteiger partial charge on any atom is 0.228 e. The van der Waals surface area contributed by atoms with Crippen molar-refractivity contribution in [3.63, 3.8) is 0 Å². The van der Waals surface area contributed by atoms with Crippen LogP contribution in [0, 0.1) is 5.82 Å². The van der Waals surface area contributed by atoms with E-state index >= 15 is 0 Å². The zero-order chi connectivity index (χ0) is 12.7. The summed E-state index contributed by atoms with van der Waals surface area (Å²) in [6.45, 7) is 0. The molecule has 0 aromatic heterocycles. The lowest BCUT2D eigenvalue weighted by Crippen LogP contribution is -2.04. The first-order chi connectivity index (χ1) is 8.66. The van der Waals surface area contributed by atoms with Crippen molar-refractivity contribution in [1.29, 1.82) is 0 Å². The summed E-state index contributed by atoms with van der Waals surface area (Å²) in [5.74, 6) is -0.311. The van der Waals surface area contributed by atoms with E-state index in [2.05, 4.69) is 14.6 Å². The van der Waals surface area contributed by atoms with Gasteiger partial charge in [0.15, 0.2) is 0 Å². The summed E-state index contributed by atoms with van der Waals surface area (Å²) >= 11 is 0. The Kier molecular flexibility index (Phi) is 2.64. The number of anilines is 1.